The molecule has 2 atom stereocenters. The lowest BCUT2D eigenvalue weighted by Gasteiger charge is -2.27. The second-order valence-electron chi connectivity index (χ2n) is 4.09. The van der Waals surface area contributed by atoms with Crippen molar-refractivity contribution in [3.05, 3.63) is 29.8 Å². The van der Waals surface area contributed by atoms with Crippen LogP contribution in [0.15, 0.2) is 18.5 Å². The zero-order valence-electron chi connectivity index (χ0n) is 9.98. The van der Waals surface area contributed by atoms with Gasteiger partial charge >= 0.3 is 0 Å². The average Bonchev–Trinajstić information content (AvgIpc) is 2.25. The molecule has 90 valence electrons. The first kappa shape index (κ1) is 13.1. The average molecular weight is 226 g/mol. The van der Waals surface area contributed by atoms with Crippen molar-refractivity contribution < 1.29 is 9.13 Å². The second kappa shape index (κ2) is 5.92. The minimum atomic E-state index is -0.456. The minimum absolute atomic E-state index is 0.179. The number of rotatable bonds is 5. The Labute approximate surface area is 95.8 Å². The van der Waals surface area contributed by atoms with E-state index in [0.717, 1.165) is 0 Å². The number of aromatic nitrogens is 1. The van der Waals surface area contributed by atoms with E-state index in [4.69, 9.17) is 10.5 Å². The highest BCUT2D eigenvalue weighted by Crippen LogP contribution is 2.23. The van der Waals surface area contributed by atoms with Crippen molar-refractivity contribution >= 4 is 0 Å². The first-order valence-electron chi connectivity index (χ1n) is 5.54. The number of pyridine rings is 1. The van der Waals surface area contributed by atoms with Gasteiger partial charge in [-0.25, -0.2) is 4.39 Å². The lowest BCUT2D eigenvalue weighted by Crippen LogP contribution is -2.34. The van der Waals surface area contributed by atoms with Crippen LogP contribution >= 0.6 is 0 Å². The van der Waals surface area contributed by atoms with Crippen molar-refractivity contribution in [1.82, 2.24) is 4.98 Å². The van der Waals surface area contributed by atoms with Gasteiger partial charge in [-0.2, -0.15) is 0 Å². The number of nitrogens with two attached hydrogens (primary N) is 1. The number of hydrogen-bond acceptors (Lipinski definition) is 3. The van der Waals surface area contributed by atoms with Gasteiger partial charge in [-0.3, -0.25) is 4.98 Å². The number of ether oxygens (including phenoxy) is 1. The third kappa shape index (κ3) is 3.00. The normalized spacial score (nSPS) is 15.1. The van der Waals surface area contributed by atoms with E-state index in [1.54, 1.807) is 12.3 Å². The summed E-state index contributed by atoms with van der Waals surface area (Å²) in [4.78, 5) is 3.71. The first-order chi connectivity index (χ1) is 7.57. The van der Waals surface area contributed by atoms with Crippen LogP contribution in [0.4, 0.5) is 4.39 Å². The van der Waals surface area contributed by atoms with Gasteiger partial charge in [0.2, 0.25) is 0 Å². The van der Waals surface area contributed by atoms with Crippen LogP contribution < -0.4 is 5.73 Å². The quantitative estimate of drug-likeness (QED) is 0.838. The van der Waals surface area contributed by atoms with Crippen molar-refractivity contribution in [3.63, 3.8) is 0 Å². The summed E-state index contributed by atoms with van der Waals surface area (Å²) in [6, 6.07) is 1.15. The third-order valence-electron chi connectivity index (χ3n) is 2.53. The maximum Gasteiger partial charge on any atom is 0.146 e. The molecule has 0 bridgehead atoms. The van der Waals surface area contributed by atoms with Gasteiger partial charge in [-0.05, 0) is 18.9 Å². The van der Waals surface area contributed by atoms with E-state index in [1.807, 2.05) is 20.8 Å². The molecular weight excluding hydrogens is 207 g/mol. The fourth-order valence-corrected chi connectivity index (χ4v) is 1.74. The zero-order valence-corrected chi connectivity index (χ0v) is 9.98. The summed E-state index contributed by atoms with van der Waals surface area (Å²) in [5, 5.41) is 0. The molecule has 0 radical (unpaired) electrons. The maximum atomic E-state index is 13.5. The van der Waals surface area contributed by atoms with Crippen LogP contribution in [0.25, 0.3) is 0 Å². The topological polar surface area (TPSA) is 48.1 Å². The van der Waals surface area contributed by atoms with Gasteiger partial charge in [0.05, 0.1) is 18.3 Å². The Morgan fingerprint density at radius 1 is 1.50 bits per heavy atom. The van der Waals surface area contributed by atoms with Gasteiger partial charge < -0.3 is 10.5 Å². The van der Waals surface area contributed by atoms with Crippen LogP contribution in [-0.2, 0) is 4.74 Å². The Bertz CT molecular complexity index is 331. The molecule has 0 aliphatic heterocycles. The van der Waals surface area contributed by atoms with Gasteiger partial charge in [0.1, 0.15) is 5.82 Å². The predicted octanol–water partition coefficient (Wildman–Crippen LogP) is 2.28. The van der Waals surface area contributed by atoms with Crippen LogP contribution in [-0.4, -0.2) is 17.7 Å². The molecule has 0 aromatic carbocycles. The van der Waals surface area contributed by atoms with Gasteiger partial charge in [0, 0.05) is 18.4 Å². The molecule has 2 unspecified atom stereocenters. The zero-order chi connectivity index (χ0) is 12.1. The molecule has 1 rings (SSSR count). The van der Waals surface area contributed by atoms with Crippen molar-refractivity contribution in [3.8, 4) is 0 Å². The summed E-state index contributed by atoms with van der Waals surface area (Å²) >= 11 is 0. The van der Waals surface area contributed by atoms with E-state index < -0.39 is 6.04 Å². The Morgan fingerprint density at radius 3 is 2.69 bits per heavy atom. The van der Waals surface area contributed by atoms with Crippen LogP contribution in [0.2, 0.25) is 0 Å². The summed E-state index contributed by atoms with van der Waals surface area (Å²) in [5.74, 6) is -0.136. The molecule has 1 aromatic rings. The Kier molecular flexibility index (Phi) is 4.83. The molecule has 1 heterocycles. The fraction of sp³-hybridized carbons (Fsp3) is 0.583. The summed E-state index contributed by atoms with van der Waals surface area (Å²) in [7, 11) is 0. The molecule has 1 aromatic heterocycles. The number of hydrogen-bond donors (Lipinski definition) is 1. The molecule has 0 fully saturated rings. The molecule has 16 heavy (non-hydrogen) atoms. The molecule has 0 spiro atoms. The Balaban J connectivity index is 2.90. The van der Waals surface area contributed by atoms with Gasteiger partial charge in [0.15, 0.2) is 0 Å². The van der Waals surface area contributed by atoms with E-state index in [9.17, 15) is 4.39 Å². The standard InChI is InChI=1S/C12H19FN2O/c1-4-16-12(8(2)3)11(14)9-5-6-15-7-10(9)13/h5-8,11-12H,4,14H2,1-3H3. The molecule has 0 saturated carbocycles. The lowest BCUT2D eigenvalue weighted by molar-refractivity contribution is 0.0114. The molecule has 0 aliphatic rings. The highest BCUT2D eigenvalue weighted by Gasteiger charge is 2.25. The molecule has 0 aliphatic carbocycles. The number of halogens is 1. The van der Waals surface area contributed by atoms with E-state index in [0.29, 0.717) is 12.2 Å². The van der Waals surface area contributed by atoms with Crippen LogP contribution in [0, 0.1) is 11.7 Å². The van der Waals surface area contributed by atoms with E-state index in [2.05, 4.69) is 4.98 Å². The Morgan fingerprint density at radius 2 is 2.19 bits per heavy atom. The SMILES string of the molecule is CCOC(C(C)C)C(N)c1ccncc1F. The molecule has 3 nitrogen and oxygen atoms in total. The van der Waals surface area contributed by atoms with E-state index in [1.165, 1.54) is 6.20 Å². The van der Waals surface area contributed by atoms with Gasteiger partial charge in [-0.15, -0.1) is 0 Å². The summed E-state index contributed by atoms with van der Waals surface area (Å²) in [6.45, 7) is 6.51. The number of nitrogens with zero attached hydrogens (tertiary/aromatic N) is 1. The molecular formula is C12H19FN2O. The monoisotopic (exact) mass is 226 g/mol. The van der Waals surface area contributed by atoms with Gasteiger partial charge in [0.25, 0.3) is 0 Å². The predicted molar refractivity (Wildman–Crippen MR) is 61.4 cm³/mol. The Hall–Kier alpha value is -1.00. The fourth-order valence-electron chi connectivity index (χ4n) is 1.74. The van der Waals surface area contributed by atoms with E-state index >= 15 is 0 Å². The minimum Gasteiger partial charge on any atom is -0.376 e. The molecule has 4 heteroatoms. The molecule has 0 amide bonds. The van der Waals surface area contributed by atoms with E-state index in [-0.39, 0.29) is 17.8 Å². The first-order valence-corrected chi connectivity index (χ1v) is 5.54. The van der Waals surface area contributed by atoms with Crippen molar-refractivity contribution in [2.45, 2.75) is 32.9 Å². The summed E-state index contributed by atoms with van der Waals surface area (Å²) < 4.78 is 19.1. The molecule has 2 N–H and O–H groups in total. The highest BCUT2D eigenvalue weighted by molar-refractivity contribution is 5.18. The third-order valence-corrected chi connectivity index (χ3v) is 2.53. The van der Waals surface area contributed by atoms with Crippen molar-refractivity contribution in [2.75, 3.05) is 6.61 Å². The lowest BCUT2D eigenvalue weighted by atomic mass is 9.94. The maximum absolute atomic E-state index is 13.5. The largest absolute Gasteiger partial charge is 0.376 e. The smallest absolute Gasteiger partial charge is 0.146 e. The van der Waals surface area contributed by atoms with Crippen molar-refractivity contribution in [2.24, 2.45) is 11.7 Å². The van der Waals surface area contributed by atoms with Crippen LogP contribution in [0.5, 0.6) is 0 Å². The summed E-state index contributed by atoms with van der Waals surface area (Å²) in [5.41, 5.74) is 6.49. The highest BCUT2D eigenvalue weighted by atomic mass is 19.1. The second-order valence-corrected chi connectivity index (χ2v) is 4.09. The van der Waals surface area contributed by atoms with Gasteiger partial charge in [-0.1, -0.05) is 13.8 Å². The summed E-state index contributed by atoms with van der Waals surface area (Å²) in [6.07, 6.45) is 2.54. The van der Waals surface area contributed by atoms with Crippen LogP contribution in [0.3, 0.4) is 0 Å². The molecule has 0 saturated heterocycles. The van der Waals surface area contributed by atoms with Crippen molar-refractivity contribution in [1.29, 1.82) is 0 Å². The van der Waals surface area contributed by atoms with Crippen LogP contribution in [0.1, 0.15) is 32.4 Å².